The number of halogens is 4. The molecule has 0 saturated carbocycles. The number of aromatic nitrogens is 2. The molecule has 1 heterocycles. The molecule has 0 amide bonds. The summed E-state index contributed by atoms with van der Waals surface area (Å²) in [6, 6.07) is 4.14. The number of hydrogen-bond donors (Lipinski definition) is 0. The second kappa shape index (κ2) is 8.69. The molecule has 0 atom stereocenters. The highest BCUT2D eigenvalue weighted by molar-refractivity contribution is 5.92. The predicted molar refractivity (Wildman–Crippen MR) is 97.4 cm³/mol. The fourth-order valence-electron chi connectivity index (χ4n) is 2.69. The Hall–Kier alpha value is -3.80. The molecule has 9 heteroatoms. The quantitative estimate of drug-likeness (QED) is 0.342. The number of rotatable bonds is 5. The maximum absolute atomic E-state index is 14.4. The second-order valence-corrected chi connectivity index (χ2v) is 6.24. The minimum Gasteiger partial charge on any atom is -0.423 e. The van der Waals surface area contributed by atoms with E-state index in [-0.39, 0.29) is 11.4 Å². The molecule has 1 aromatic heterocycles. The van der Waals surface area contributed by atoms with Gasteiger partial charge in [0.25, 0.3) is 0 Å². The molecule has 0 aliphatic carbocycles. The van der Waals surface area contributed by atoms with Gasteiger partial charge in [0.05, 0.1) is 0 Å². The van der Waals surface area contributed by atoms with Crippen LogP contribution in [-0.4, -0.2) is 15.9 Å². The van der Waals surface area contributed by atoms with E-state index in [2.05, 4.69) is 14.7 Å². The summed E-state index contributed by atoms with van der Waals surface area (Å²) in [5.74, 6) is -7.16. The van der Waals surface area contributed by atoms with Gasteiger partial charge in [-0.25, -0.2) is 32.3 Å². The summed E-state index contributed by atoms with van der Waals surface area (Å²) in [6.07, 6.45) is 4.72. The second-order valence-electron chi connectivity index (χ2n) is 6.24. The van der Waals surface area contributed by atoms with Crippen molar-refractivity contribution in [3.05, 3.63) is 76.6 Å². The summed E-state index contributed by atoms with van der Waals surface area (Å²) >= 11 is 0. The molecular weight excluding hydrogens is 402 g/mol. The lowest BCUT2D eigenvalue weighted by Gasteiger charge is -2.09. The number of benzene rings is 2. The summed E-state index contributed by atoms with van der Waals surface area (Å²) in [5.41, 5.74) is -1.06. The van der Waals surface area contributed by atoms with E-state index < -0.39 is 46.1 Å². The van der Waals surface area contributed by atoms with Gasteiger partial charge in [-0.15, -0.1) is 0 Å². The molecule has 0 bridgehead atoms. The van der Waals surface area contributed by atoms with E-state index in [1.807, 2.05) is 6.92 Å². The molecule has 0 unspecified atom stereocenters. The van der Waals surface area contributed by atoms with Gasteiger partial charge in [-0.1, -0.05) is 13.3 Å². The molecule has 5 nitrogen and oxygen atoms in total. The highest BCUT2D eigenvalue weighted by Gasteiger charge is 2.23. The van der Waals surface area contributed by atoms with Crippen molar-refractivity contribution in [2.45, 2.75) is 19.8 Å². The zero-order valence-corrected chi connectivity index (χ0v) is 15.5. The lowest BCUT2D eigenvalue weighted by Crippen LogP contribution is -2.14. The van der Waals surface area contributed by atoms with Crippen LogP contribution in [0.25, 0.3) is 11.4 Å². The van der Waals surface area contributed by atoms with Gasteiger partial charge in [-0.3, -0.25) is 0 Å². The van der Waals surface area contributed by atoms with Crippen LogP contribution in [0.5, 0.6) is 5.75 Å². The van der Waals surface area contributed by atoms with Crippen molar-refractivity contribution in [2.24, 2.45) is 0 Å². The SMILES string of the molecule is CCCc1cnc(-c2cc(F)c(C(=O)Oc3cc(F)c(C#N)c(F)c3)c(F)c2)nc1. The van der Waals surface area contributed by atoms with Crippen LogP contribution < -0.4 is 4.74 Å². The van der Waals surface area contributed by atoms with Gasteiger partial charge in [0.1, 0.15) is 46.2 Å². The van der Waals surface area contributed by atoms with E-state index in [0.29, 0.717) is 12.1 Å². The maximum Gasteiger partial charge on any atom is 0.349 e. The van der Waals surface area contributed by atoms with Gasteiger partial charge in [0.2, 0.25) is 0 Å². The lowest BCUT2D eigenvalue weighted by molar-refractivity contribution is 0.0724. The van der Waals surface area contributed by atoms with Crippen molar-refractivity contribution in [1.29, 1.82) is 5.26 Å². The summed E-state index contributed by atoms with van der Waals surface area (Å²) in [5, 5.41) is 8.64. The predicted octanol–water partition coefficient (Wildman–Crippen LogP) is 4.74. The van der Waals surface area contributed by atoms with Crippen molar-refractivity contribution < 1.29 is 27.1 Å². The zero-order valence-electron chi connectivity index (χ0n) is 15.5. The van der Waals surface area contributed by atoms with Crippen molar-refractivity contribution >= 4 is 5.97 Å². The standard InChI is InChI=1S/C21H13F4N3O2/c1-2-3-11-9-27-20(28-10-11)12-4-17(24)19(18(25)5-12)21(29)30-13-6-15(22)14(8-26)16(23)7-13/h4-7,9-10H,2-3H2,1H3. The van der Waals surface area contributed by atoms with Gasteiger partial charge in [0, 0.05) is 30.1 Å². The third-order valence-corrected chi connectivity index (χ3v) is 4.09. The molecule has 2 aromatic carbocycles. The Balaban J connectivity index is 1.88. The first-order valence-corrected chi connectivity index (χ1v) is 8.75. The average Bonchev–Trinajstić information content (AvgIpc) is 2.68. The molecule has 0 fully saturated rings. The Labute approximate surface area is 168 Å². The Morgan fingerprint density at radius 2 is 1.57 bits per heavy atom. The minimum atomic E-state index is -1.50. The van der Waals surface area contributed by atoms with Crippen LogP contribution in [0.1, 0.15) is 34.8 Å². The Bertz CT molecular complexity index is 1110. The van der Waals surface area contributed by atoms with E-state index in [0.717, 1.165) is 30.5 Å². The van der Waals surface area contributed by atoms with E-state index in [1.165, 1.54) is 18.5 Å². The smallest absolute Gasteiger partial charge is 0.349 e. The number of hydrogen-bond acceptors (Lipinski definition) is 5. The molecule has 0 spiro atoms. The van der Waals surface area contributed by atoms with Gasteiger partial charge < -0.3 is 4.74 Å². The summed E-state index contributed by atoms with van der Waals surface area (Å²) in [6.45, 7) is 1.98. The van der Waals surface area contributed by atoms with Crippen molar-refractivity contribution in [3.63, 3.8) is 0 Å². The van der Waals surface area contributed by atoms with Crippen LogP contribution in [0.15, 0.2) is 36.7 Å². The number of esters is 1. The number of ether oxygens (including phenoxy) is 1. The molecule has 0 aliphatic rings. The van der Waals surface area contributed by atoms with Crippen LogP contribution >= 0.6 is 0 Å². The van der Waals surface area contributed by atoms with Gasteiger partial charge in [0.15, 0.2) is 5.82 Å². The third-order valence-electron chi connectivity index (χ3n) is 4.09. The van der Waals surface area contributed by atoms with Gasteiger partial charge in [-0.2, -0.15) is 5.26 Å². The average molecular weight is 415 g/mol. The highest BCUT2D eigenvalue weighted by atomic mass is 19.1. The van der Waals surface area contributed by atoms with Gasteiger partial charge in [-0.05, 0) is 24.1 Å². The van der Waals surface area contributed by atoms with Crippen LogP contribution in [0.2, 0.25) is 0 Å². The summed E-state index contributed by atoms with van der Waals surface area (Å²) < 4.78 is 60.8. The largest absolute Gasteiger partial charge is 0.423 e. The summed E-state index contributed by atoms with van der Waals surface area (Å²) in [4.78, 5) is 20.3. The molecule has 152 valence electrons. The molecule has 0 saturated heterocycles. The fraction of sp³-hybridized carbons (Fsp3) is 0.143. The first-order valence-electron chi connectivity index (χ1n) is 8.75. The molecule has 3 aromatic rings. The normalized spacial score (nSPS) is 10.5. The lowest BCUT2D eigenvalue weighted by atomic mass is 10.1. The van der Waals surface area contributed by atoms with Crippen LogP contribution in [0, 0.1) is 34.6 Å². The molecule has 0 N–H and O–H groups in total. The topological polar surface area (TPSA) is 75.9 Å². The molecule has 30 heavy (non-hydrogen) atoms. The molecule has 0 aliphatic heterocycles. The highest BCUT2D eigenvalue weighted by Crippen LogP contribution is 2.25. The van der Waals surface area contributed by atoms with E-state index >= 15 is 0 Å². The van der Waals surface area contributed by atoms with E-state index in [4.69, 9.17) is 5.26 Å². The number of nitrogens with zero attached hydrogens (tertiary/aromatic N) is 3. The number of carbonyl (C=O) groups excluding carboxylic acids is 1. The molecule has 0 radical (unpaired) electrons. The van der Waals surface area contributed by atoms with Crippen molar-refractivity contribution in [3.8, 4) is 23.2 Å². The Morgan fingerprint density at radius 3 is 2.07 bits per heavy atom. The van der Waals surface area contributed by atoms with Crippen LogP contribution in [0.3, 0.4) is 0 Å². The number of nitriles is 1. The minimum absolute atomic E-state index is 0.0000560. The van der Waals surface area contributed by atoms with E-state index in [1.54, 1.807) is 0 Å². The van der Waals surface area contributed by atoms with Crippen molar-refractivity contribution in [1.82, 2.24) is 9.97 Å². The monoisotopic (exact) mass is 415 g/mol. The first kappa shape index (κ1) is 20.9. The Morgan fingerprint density at radius 1 is 1.00 bits per heavy atom. The zero-order chi connectivity index (χ0) is 21.8. The number of aryl methyl sites for hydroxylation is 1. The third kappa shape index (κ3) is 4.27. The van der Waals surface area contributed by atoms with E-state index in [9.17, 15) is 22.4 Å². The Kier molecular flexibility index (Phi) is 6.06. The van der Waals surface area contributed by atoms with Crippen LogP contribution in [-0.2, 0) is 6.42 Å². The van der Waals surface area contributed by atoms with Gasteiger partial charge >= 0.3 is 5.97 Å². The summed E-state index contributed by atoms with van der Waals surface area (Å²) in [7, 11) is 0. The molecular formula is C21H13F4N3O2. The maximum atomic E-state index is 14.4. The fourth-order valence-corrected chi connectivity index (χ4v) is 2.69. The number of carbonyl (C=O) groups is 1. The first-order chi connectivity index (χ1) is 14.3. The van der Waals surface area contributed by atoms with Crippen LogP contribution in [0.4, 0.5) is 17.6 Å². The molecule has 3 rings (SSSR count). The van der Waals surface area contributed by atoms with Crippen molar-refractivity contribution in [2.75, 3.05) is 0 Å².